The Hall–Kier alpha value is -1.67. The third-order valence-corrected chi connectivity index (χ3v) is 5.06. The van der Waals surface area contributed by atoms with Crippen LogP contribution in [0, 0.1) is 0 Å². The van der Waals surface area contributed by atoms with Crippen LogP contribution in [-0.2, 0) is 13.0 Å². The topological polar surface area (TPSA) is 33.1 Å². The van der Waals surface area contributed by atoms with Crippen LogP contribution in [0.3, 0.4) is 0 Å². The Morgan fingerprint density at radius 2 is 1.46 bits per heavy atom. The third kappa shape index (κ3) is 4.73. The maximum absolute atomic E-state index is 10.2. The number of nitrogens with zero attached hydrogens (tertiary/aromatic N) is 1. The maximum Gasteiger partial charge on any atom is 0.0705 e. The van der Waals surface area contributed by atoms with Gasteiger partial charge in [-0.05, 0) is 41.4 Å². The summed E-state index contributed by atoms with van der Waals surface area (Å²) in [7, 11) is 0. The molecule has 26 heavy (non-hydrogen) atoms. The second kappa shape index (κ2) is 9.87. The highest BCUT2D eigenvalue weighted by Crippen LogP contribution is 2.37. The molecule has 2 rings (SSSR count). The van der Waals surface area contributed by atoms with Crippen LogP contribution in [-0.4, -0.2) is 10.1 Å². The van der Waals surface area contributed by atoms with Gasteiger partial charge >= 0.3 is 0 Å². The van der Waals surface area contributed by atoms with E-state index in [1.165, 1.54) is 48.1 Å². The van der Waals surface area contributed by atoms with Gasteiger partial charge in [-0.3, -0.25) is 4.98 Å². The van der Waals surface area contributed by atoms with Crippen molar-refractivity contribution in [3.63, 3.8) is 0 Å². The van der Waals surface area contributed by atoms with Crippen LogP contribution in [0.2, 0.25) is 0 Å². The van der Waals surface area contributed by atoms with Gasteiger partial charge in [0.2, 0.25) is 0 Å². The molecule has 0 unspecified atom stereocenters. The van der Waals surface area contributed by atoms with Gasteiger partial charge in [-0.2, -0.15) is 0 Å². The summed E-state index contributed by atoms with van der Waals surface area (Å²) in [5.41, 5.74) is 7.05. The van der Waals surface area contributed by atoms with Crippen molar-refractivity contribution in [3.05, 3.63) is 52.8 Å². The maximum atomic E-state index is 10.2. The van der Waals surface area contributed by atoms with Crippen LogP contribution < -0.4 is 0 Å². The predicted octanol–water partition coefficient (Wildman–Crippen LogP) is 6.61. The average Bonchev–Trinajstić information content (AvgIpc) is 2.64. The zero-order valence-corrected chi connectivity index (χ0v) is 17.2. The molecular weight excluding hydrogens is 318 g/mol. The van der Waals surface area contributed by atoms with Crippen LogP contribution in [0.5, 0.6) is 0 Å². The molecule has 0 fully saturated rings. The van der Waals surface area contributed by atoms with Gasteiger partial charge in [0.1, 0.15) is 0 Å². The smallest absolute Gasteiger partial charge is 0.0705 e. The predicted molar refractivity (Wildman–Crippen MR) is 112 cm³/mol. The standard InChI is InChI=1S/C24H35NO/c1-6-7-8-12-15-20-22(19-13-10-9-11-14-19)21(16-26)24(18(4)5)25-23(20)17(2)3/h9-11,13-14,17-18,26H,6-8,12,15-16H2,1-5H3. The van der Waals surface area contributed by atoms with Gasteiger partial charge in [0.05, 0.1) is 6.61 Å². The van der Waals surface area contributed by atoms with E-state index < -0.39 is 0 Å². The normalized spacial score (nSPS) is 11.5. The average molecular weight is 354 g/mol. The van der Waals surface area contributed by atoms with Crippen molar-refractivity contribution in [3.8, 4) is 11.1 Å². The van der Waals surface area contributed by atoms with Gasteiger partial charge in [-0.1, -0.05) is 84.2 Å². The molecule has 0 radical (unpaired) electrons. The summed E-state index contributed by atoms with van der Waals surface area (Å²) < 4.78 is 0. The van der Waals surface area contributed by atoms with Gasteiger partial charge in [-0.15, -0.1) is 0 Å². The molecule has 0 aliphatic rings. The van der Waals surface area contributed by atoms with E-state index in [2.05, 4.69) is 65.0 Å². The second-order valence-corrected chi connectivity index (χ2v) is 7.86. The summed E-state index contributed by atoms with van der Waals surface area (Å²) in [5, 5.41) is 10.2. The van der Waals surface area contributed by atoms with Crippen molar-refractivity contribution in [1.82, 2.24) is 4.98 Å². The van der Waals surface area contributed by atoms with E-state index in [0.29, 0.717) is 11.8 Å². The summed E-state index contributed by atoms with van der Waals surface area (Å²) in [6.07, 6.45) is 6.00. The first-order chi connectivity index (χ1) is 12.5. The zero-order valence-electron chi connectivity index (χ0n) is 17.2. The lowest BCUT2D eigenvalue weighted by Crippen LogP contribution is -2.12. The van der Waals surface area contributed by atoms with E-state index in [-0.39, 0.29) is 6.61 Å². The Balaban J connectivity index is 2.68. The highest BCUT2D eigenvalue weighted by Gasteiger charge is 2.22. The van der Waals surface area contributed by atoms with Crippen LogP contribution in [0.4, 0.5) is 0 Å². The molecule has 1 heterocycles. The fourth-order valence-corrected chi connectivity index (χ4v) is 3.75. The number of aliphatic hydroxyl groups is 1. The van der Waals surface area contributed by atoms with E-state index in [1.54, 1.807) is 0 Å². The van der Waals surface area contributed by atoms with Gasteiger partial charge in [0.25, 0.3) is 0 Å². The molecule has 0 bridgehead atoms. The third-order valence-electron chi connectivity index (χ3n) is 5.06. The molecule has 0 saturated heterocycles. The van der Waals surface area contributed by atoms with Crippen LogP contribution >= 0.6 is 0 Å². The van der Waals surface area contributed by atoms with E-state index in [0.717, 1.165) is 17.7 Å². The Morgan fingerprint density at radius 3 is 2.00 bits per heavy atom. The minimum Gasteiger partial charge on any atom is -0.392 e. The van der Waals surface area contributed by atoms with Crippen molar-refractivity contribution < 1.29 is 5.11 Å². The van der Waals surface area contributed by atoms with E-state index in [1.807, 2.05) is 0 Å². The fraction of sp³-hybridized carbons (Fsp3) is 0.542. The molecular formula is C24H35NO. The summed E-state index contributed by atoms with van der Waals surface area (Å²) in [6.45, 7) is 11.1. The lowest BCUT2D eigenvalue weighted by Gasteiger charge is -2.24. The molecule has 2 heteroatoms. The number of hydrogen-bond acceptors (Lipinski definition) is 2. The molecule has 142 valence electrons. The first-order valence-corrected chi connectivity index (χ1v) is 10.2. The Labute approximate surface area is 159 Å². The SMILES string of the molecule is CCCCCCc1c(C(C)C)nc(C(C)C)c(CO)c1-c1ccccc1. The number of aliphatic hydroxyl groups excluding tert-OH is 1. The number of unbranched alkanes of at least 4 members (excludes halogenated alkanes) is 3. The van der Waals surface area contributed by atoms with E-state index >= 15 is 0 Å². The molecule has 2 nitrogen and oxygen atoms in total. The molecule has 0 amide bonds. The van der Waals surface area contributed by atoms with Crippen LogP contribution in [0.1, 0.15) is 94.7 Å². The summed E-state index contributed by atoms with van der Waals surface area (Å²) in [5.74, 6) is 0.676. The largest absolute Gasteiger partial charge is 0.392 e. The highest BCUT2D eigenvalue weighted by atomic mass is 16.3. The molecule has 0 spiro atoms. The Kier molecular flexibility index (Phi) is 7.84. The van der Waals surface area contributed by atoms with Gasteiger partial charge in [0, 0.05) is 17.0 Å². The van der Waals surface area contributed by atoms with Crippen molar-refractivity contribution >= 4 is 0 Å². The number of benzene rings is 1. The van der Waals surface area contributed by atoms with Crippen LogP contribution in [0.15, 0.2) is 30.3 Å². The lowest BCUT2D eigenvalue weighted by atomic mass is 9.85. The zero-order chi connectivity index (χ0) is 19.1. The molecule has 1 N–H and O–H groups in total. The fourth-order valence-electron chi connectivity index (χ4n) is 3.75. The van der Waals surface area contributed by atoms with Crippen molar-refractivity contribution in [2.45, 2.75) is 85.2 Å². The number of rotatable bonds is 9. The first-order valence-electron chi connectivity index (χ1n) is 10.2. The Bertz CT molecular complexity index is 689. The monoisotopic (exact) mass is 353 g/mol. The lowest BCUT2D eigenvalue weighted by molar-refractivity contribution is 0.279. The van der Waals surface area contributed by atoms with Crippen molar-refractivity contribution in [1.29, 1.82) is 0 Å². The van der Waals surface area contributed by atoms with Gasteiger partial charge < -0.3 is 5.11 Å². The second-order valence-electron chi connectivity index (χ2n) is 7.86. The minimum atomic E-state index is 0.0467. The first kappa shape index (κ1) is 20.6. The molecule has 1 aromatic carbocycles. The molecule has 0 saturated carbocycles. The molecule has 2 aromatic rings. The van der Waals surface area contributed by atoms with E-state index in [4.69, 9.17) is 4.98 Å². The molecule has 1 aromatic heterocycles. The van der Waals surface area contributed by atoms with Crippen molar-refractivity contribution in [2.24, 2.45) is 0 Å². The minimum absolute atomic E-state index is 0.0467. The summed E-state index contributed by atoms with van der Waals surface area (Å²) in [6, 6.07) is 10.6. The van der Waals surface area contributed by atoms with Crippen molar-refractivity contribution in [2.75, 3.05) is 0 Å². The number of pyridine rings is 1. The van der Waals surface area contributed by atoms with Crippen LogP contribution in [0.25, 0.3) is 11.1 Å². The number of aromatic nitrogens is 1. The highest BCUT2D eigenvalue weighted by molar-refractivity contribution is 5.73. The van der Waals surface area contributed by atoms with Gasteiger partial charge in [-0.25, -0.2) is 0 Å². The summed E-state index contributed by atoms with van der Waals surface area (Å²) in [4.78, 5) is 5.07. The quantitative estimate of drug-likeness (QED) is 0.514. The summed E-state index contributed by atoms with van der Waals surface area (Å²) >= 11 is 0. The van der Waals surface area contributed by atoms with Gasteiger partial charge in [0.15, 0.2) is 0 Å². The molecule has 0 atom stereocenters. The number of hydrogen-bond donors (Lipinski definition) is 1. The molecule has 0 aliphatic carbocycles. The van der Waals surface area contributed by atoms with E-state index in [9.17, 15) is 5.11 Å². The molecule has 0 aliphatic heterocycles. The Morgan fingerprint density at radius 1 is 0.846 bits per heavy atom.